The van der Waals surface area contributed by atoms with Gasteiger partial charge in [-0.1, -0.05) is 28.1 Å². The Morgan fingerprint density at radius 3 is 2.63 bits per heavy atom. The molecule has 5 aromatic rings. The summed E-state index contributed by atoms with van der Waals surface area (Å²) in [6.45, 7) is 6.26. The van der Waals surface area contributed by atoms with Gasteiger partial charge in [0, 0.05) is 19.9 Å². The van der Waals surface area contributed by atoms with E-state index < -0.39 is 0 Å². The van der Waals surface area contributed by atoms with Gasteiger partial charge in [-0.05, 0) is 95.1 Å². The Hall–Kier alpha value is -2.95. The van der Waals surface area contributed by atoms with Crippen LogP contribution in [0.2, 0.25) is 0 Å². The summed E-state index contributed by atoms with van der Waals surface area (Å²) < 4.78 is 21.5. The first-order valence-electron chi connectivity index (χ1n) is 11.8. The Bertz CT molecular complexity index is 1760. The van der Waals surface area contributed by atoms with Crippen molar-refractivity contribution in [1.29, 1.82) is 0 Å². The number of fused-ring (bicyclic) bond motifs is 2. The maximum absolute atomic E-state index is 13.6. The van der Waals surface area contributed by atoms with Crippen LogP contribution in [-0.2, 0) is 0 Å². The van der Waals surface area contributed by atoms with Crippen molar-refractivity contribution < 1.29 is 13.9 Å². The molecule has 0 spiro atoms. The van der Waals surface area contributed by atoms with Crippen molar-refractivity contribution in [3.05, 3.63) is 83.9 Å². The molecule has 0 aliphatic heterocycles. The number of rotatable bonds is 7. The van der Waals surface area contributed by atoms with E-state index in [1.54, 1.807) is 24.4 Å². The number of aromatic nitrogens is 2. The average molecular weight is 704 g/mol. The Morgan fingerprint density at radius 1 is 1.08 bits per heavy atom. The molecule has 2 heterocycles. The third kappa shape index (κ3) is 5.17. The molecular formula is C28H22Br3N3O4. The van der Waals surface area contributed by atoms with Crippen molar-refractivity contribution in [3.8, 4) is 23.1 Å². The smallest absolute Gasteiger partial charge is 0.282 e. The minimum absolute atomic E-state index is 0.0498. The number of furan rings is 1. The summed E-state index contributed by atoms with van der Waals surface area (Å²) in [7, 11) is 0. The van der Waals surface area contributed by atoms with Crippen LogP contribution in [0.4, 0.5) is 0 Å². The minimum atomic E-state index is -0.316. The molecule has 3 aromatic carbocycles. The Morgan fingerprint density at radius 2 is 1.87 bits per heavy atom. The van der Waals surface area contributed by atoms with E-state index in [0.717, 1.165) is 9.86 Å². The first-order chi connectivity index (χ1) is 18.3. The van der Waals surface area contributed by atoms with Crippen LogP contribution >= 0.6 is 47.8 Å². The molecular weight excluding hydrogens is 682 g/mol. The maximum Gasteiger partial charge on any atom is 0.282 e. The molecule has 0 radical (unpaired) electrons. The molecule has 38 heavy (non-hydrogen) atoms. The van der Waals surface area contributed by atoms with Gasteiger partial charge in [0.25, 0.3) is 5.56 Å². The van der Waals surface area contributed by atoms with Gasteiger partial charge in [-0.2, -0.15) is 9.78 Å². The third-order valence-electron chi connectivity index (χ3n) is 5.57. The number of halogens is 3. The molecule has 194 valence electrons. The number of benzene rings is 3. The fourth-order valence-corrected chi connectivity index (χ4v) is 5.23. The van der Waals surface area contributed by atoms with Crippen LogP contribution in [0.25, 0.3) is 33.5 Å². The van der Waals surface area contributed by atoms with Crippen molar-refractivity contribution in [2.45, 2.75) is 26.9 Å². The molecule has 7 nitrogen and oxygen atoms in total. The van der Waals surface area contributed by atoms with E-state index in [0.29, 0.717) is 54.9 Å². The van der Waals surface area contributed by atoms with E-state index in [-0.39, 0.29) is 17.5 Å². The highest BCUT2D eigenvalue weighted by Crippen LogP contribution is 2.43. The number of hydrogen-bond donors (Lipinski definition) is 0. The zero-order valence-corrected chi connectivity index (χ0v) is 25.4. The zero-order chi connectivity index (χ0) is 27.0. The number of ether oxygens (including phenoxy) is 2. The van der Waals surface area contributed by atoms with E-state index >= 15 is 0 Å². The van der Waals surface area contributed by atoms with Gasteiger partial charge in [0.05, 0.1) is 34.3 Å². The summed E-state index contributed by atoms with van der Waals surface area (Å²) in [6, 6.07) is 16.5. The standard InChI is InChI=1S/C28H22Br3N3O4/c1-4-36-22-13-17(24(30)25(31)26(22)37-15(2)3)14-32-34-27(33-20-8-6-5-7-19(20)28(34)35)23-12-16-11-18(29)9-10-21(16)38-23/h5-15H,4H2,1-3H3. The minimum Gasteiger partial charge on any atom is -0.490 e. The van der Waals surface area contributed by atoms with Gasteiger partial charge >= 0.3 is 0 Å². The molecule has 2 aromatic heterocycles. The van der Waals surface area contributed by atoms with Crippen LogP contribution in [0.15, 0.2) is 82.3 Å². The average Bonchev–Trinajstić information content (AvgIpc) is 3.31. The molecule has 0 saturated heterocycles. The predicted octanol–water partition coefficient (Wildman–Crippen LogP) is 8.17. The van der Waals surface area contributed by atoms with Crippen LogP contribution in [0.5, 0.6) is 11.5 Å². The van der Waals surface area contributed by atoms with Gasteiger partial charge in [-0.3, -0.25) is 4.79 Å². The summed E-state index contributed by atoms with van der Waals surface area (Å²) in [5.41, 5.74) is 1.59. The summed E-state index contributed by atoms with van der Waals surface area (Å²) in [6.07, 6.45) is 1.53. The lowest BCUT2D eigenvalue weighted by atomic mass is 10.2. The van der Waals surface area contributed by atoms with Gasteiger partial charge in [0.15, 0.2) is 17.3 Å². The van der Waals surface area contributed by atoms with Crippen LogP contribution in [-0.4, -0.2) is 28.6 Å². The number of para-hydroxylation sites is 1. The summed E-state index contributed by atoms with van der Waals surface area (Å²) in [4.78, 5) is 18.4. The summed E-state index contributed by atoms with van der Waals surface area (Å²) in [5, 5.41) is 5.91. The van der Waals surface area contributed by atoms with E-state index in [4.69, 9.17) is 18.9 Å². The van der Waals surface area contributed by atoms with Crippen molar-refractivity contribution >= 4 is 75.9 Å². The highest BCUT2D eigenvalue weighted by atomic mass is 79.9. The second-order valence-corrected chi connectivity index (χ2v) is 11.1. The van der Waals surface area contributed by atoms with Crippen LogP contribution in [0, 0.1) is 0 Å². The van der Waals surface area contributed by atoms with Crippen molar-refractivity contribution in [3.63, 3.8) is 0 Å². The second kappa shape index (κ2) is 11.0. The largest absolute Gasteiger partial charge is 0.490 e. The molecule has 0 aliphatic carbocycles. The van der Waals surface area contributed by atoms with Crippen molar-refractivity contribution in [1.82, 2.24) is 9.66 Å². The maximum atomic E-state index is 13.6. The molecule has 0 aliphatic rings. The topological polar surface area (TPSA) is 78.9 Å². The van der Waals surface area contributed by atoms with E-state index in [9.17, 15) is 4.79 Å². The molecule has 0 unspecified atom stereocenters. The molecule has 0 amide bonds. The quantitative estimate of drug-likeness (QED) is 0.160. The van der Waals surface area contributed by atoms with Gasteiger partial charge in [0.2, 0.25) is 5.82 Å². The lowest BCUT2D eigenvalue weighted by Crippen LogP contribution is -2.20. The lowest BCUT2D eigenvalue weighted by molar-refractivity contribution is 0.222. The molecule has 0 saturated carbocycles. The van der Waals surface area contributed by atoms with Crippen LogP contribution in [0.3, 0.4) is 0 Å². The summed E-state index contributed by atoms with van der Waals surface area (Å²) in [5.74, 6) is 1.86. The Labute approximate surface area is 243 Å². The first kappa shape index (κ1) is 26.6. The highest BCUT2D eigenvalue weighted by Gasteiger charge is 2.20. The normalized spacial score (nSPS) is 11.8. The highest BCUT2D eigenvalue weighted by molar-refractivity contribution is 9.13. The molecule has 0 atom stereocenters. The number of nitrogens with zero attached hydrogens (tertiary/aromatic N) is 3. The number of hydrogen-bond acceptors (Lipinski definition) is 6. The molecule has 0 fully saturated rings. The van der Waals surface area contributed by atoms with Crippen molar-refractivity contribution in [2.75, 3.05) is 6.61 Å². The van der Waals surface area contributed by atoms with E-state index in [2.05, 4.69) is 52.9 Å². The molecule has 10 heteroatoms. The monoisotopic (exact) mass is 701 g/mol. The van der Waals surface area contributed by atoms with E-state index in [1.165, 1.54) is 4.68 Å². The van der Waals surface area contributed by atoms with Gasteiger partial charge in [-0.15, -0.1) is 0 Å². The zero-order valence-electron chi connectivity index (χ0n) is 20.7. The fraction of sp³-hybridized carbons (Fsp3) is 0.179. The first-order valence-corrected chi connectivity index (χ1v) is 14.2. The van der Waals surface area contributed by atoms with E-state index in [1.807, 2.05) is 57.2 Å². The fourth-order valence-electron chi connectivity index (χ4n) is 3.94. The molecule has 5 rings (SSSR count). The van der Waals surface area contributed by atoms with Crippen molar-refractivity contribution in [2.24, 2.45) is 5.10 Å². The van der Waals surface area contributed by atoms with Gasteiger partial charge in [-0.25, -0.2) is 4.98 Å². The third-order valence-corrected chi connectivity index (χ3v) is 8.21. The summed E-state index contributed by atoms with van der Waals surface area (Å²) >= 11 is 10.7. The Balaban J connectivity index is 1.69. The SMILES string of the molecule is CCOc1cc(C=Nn2c(-c3cc4cc(Br)ccc4o3)nc3ccccc3c2=O)c(Br)c(Br)c1OC(C)C. The Kier molecular flexibility index (Phi) is 7.74. The lowest BCUT2D eigenvalue weighted by Gasteiger charge is -2.18. The van der Waals surface area contributed by atoms with Gasteiger partial charge < -0.3 is 13.9 Å². The predicted molar refractivity (Wildman–Crippen MR) is 161 cm³/mol. The van der Waals surface area contributed by atoms with Crippen LogP contribution < -0.4 is 15.0 Å². The second-order valence-electron chi connectivity index (χ2n) is 8.63. The van der Waals surface area contributed by atoms with Crippen LogP contribution in [0.1, 0.15) is 26.3 Å². The molecule has 0 bridgehead atoms. The van der Waals surface area contributed by atoms with Gasteiger partial charge in [0.1, 0.15) is 5.58 Å². The molecule has 0 N–H and O–H groups in total.